The van der Waals surface area contributed by atoms with Crippen molar-refractivity contribution in [1.29, 1.82) is 0 Å². The summed E-state index contributed by atoms with van der Waals surface area (Å²) in [6, 6.07) is 11.5. The van der Waals surface area contributed by atoms with Gasteiger partial charge in [-0.1, -0.05) is 49.2 Å². The van der Waals surface area contributed by atoms with Gasteiger partial charge >= 0.3 is 12.3 Å². The number of methoxy groups -OCH3 is 1. The van der Waals surface area contributed by atoms with Gasteiger partial charge in [-0.15, -0.1) is 0 Å². The maximum Gasteiger partial charge on any atom is 0.433 e. The molecule has 3 aromatic rings. The van der Waals surface area contributed by atoms with Crippen LogP contribution in [0.25, 0.3) is 11.3 Å². The molecule has 1 aromatic carbocycles. The van der Waals surface area contributed by atoms with Gasteiger partial charge in [0.15, 0.2) is 5.69 Å². The average Bonchev–Trinajstić information content (AvgIpc) is 3.46. The Morgan fingerprint density at radius 2 is 1.87 bits per heavy atom. The van der Waals surface area contributed by atoms with Gasteiger partial charge in [-0.3, -0.25) is 4.79 Å². The fourth-order valence-corrected chi connectivity index (χ4v) is 6.29. The third-order valence-corrected chi connectivity index (χ3v) is 8.46. The van der Waals surface area contributed by atoms with Crippen molar-refractivity contribution in [3.8, 4) is 17.1 Å². The summed E-state index contributed by atoms with van der Waals surface area (Å²) >= 11 is 0. The molecule has 2 fully saturated rings. The molecule has 2 aromatic heterocycles. The number of pyridine rings is 1. The highest BCUT2D eigenvalue weighted by Gasteiger charge is 2.43. The lowest BCUT2D eigenvalue weighted by Gasteiger charge is -2.41. The van der Waals surface area contributed by atoms with Gasteiger partial charge in [0.25, 0.3) is 5.91 Å². The van der Waals surface area contributed by atoms with Crippen LogP contribution in [0.5, 0.6) is 5.88 Å². The van der Waals surface area contributed by atoms with Crippen molar-refractivity contribution in [3.05, 3.63) is 66.2 Å². The first-order valence-electron chi connectivity index (χ1n) is 14.8. The maximum atomic E-state index is 14.3. The van der Waals surface area contributed by atoms with E-state index in [-0.39, 0.29) is 50.8 Å². The monoisotopic (exact) mass is 631 g/mol. The molecule has 242 valence electrons. The number of carboxylic acid groups (broad SMARTS) is 1. The maximum absolute atomic E-state index is 14.3. The van der Waals surface area contributed by atoms with E-state index in [0.717, 1.165) is 24.5 Å². The van der Waals surface area contributed by atoms with Crippen LogP contribution in [0.3, 0.4) is 0 Å². The average molecular weight is 632 g/mol. The Hall–Kier alpha value is -4.17. The number of ether oxygens (including phenoxy) is 2. The Balaban J connectivity index is 1.44. The number of hydrogen-bond donors (Lipinski definition) is 2. The van der Waals surface area contributed by atoms with Gasteiger partial charge < -0.3 is 34.1 Å². The number of nitrogens with zero attached hydrogens (tertiary/aromatic N) is 5. The summed E-state index contributed by atoms with van der Waals surface area (Å²) in [6.07, 6.45) is -1.17. The van der Waals surface area contributed by atoms with Gasteiger partial charge in [-0.25, -0.2) is 14.8 Å². The van der Waals surface area contributed by atoms with E-state index >= 15 is 0 Å². The summed E-state index contributed by atoms with van der Waals surface area (Å²) in [7, 11) is 1.54. The minimum absolute atomic E-state index is 0.0158. The minimum Gasteiger partial charge on any atom is -0.478 e. The van der Waals surface area contributed by atoms with Crippen LogP contribution in [-0.2, 0) is 10.9 Å². The molecule has 5 rings (SSSR count). The fourth-order valence-electron chi connectivity index (χ4n) is 6.29. The molecular formula is C31H36F3N5O6. The number of carbonyl (C=O) groups excluding carboxylic acids is 1. The number of alkyl halides is 3. The number of aliphatic hydroxyl groups is 1. The Morgan fingerprint density at radius 3 is 2.58 bits per heavy atom. The molecule has 0 spiro atoms. The van der Waals surface area contributed by atoms with Crippen molar-refractivity contribution in [2.75, 3.05) is 40.0 Å². The summed E-state index contributed by atoms with van der Waals surface area (Å²) in [6.45, 7) is 0.147. The first-order chi connectivity index (χ1) is 21.5. The van der Waals surface area contributed by atoms with E-state index in [9.17, 15) is 33.0 Å². The van der Waals surface area contributed by atoms with Gasteiger partial charge in [-0.2, -0.15) is 13.2 Å². The van der Waals surface area contributed by atoms with Crippen molar-refractivity contribution in [1.82, 2.24) is 24.3 Å². The lowest BCUT2D eigenvalue weighted by molar-refractivity contribution is -0.141. The predicted molar refractivity (Wildman–Crippen MR) is 156 cm³/mol. The van der Waals surface area contributed by atoms with Gasteiger partial charge in [0.1, 0.15) is 11.3 Å². The summed E-state index contributed by atoms with van der Waals surface area (Å²) in [5.74, 6) is -0.652. The second-order valence-corrected chi connectivity index (χ2v) is 11.4. The highest BCUT2D eigenvalue weighted by Crippen LogP contribution is 2.41. The zero-order valence-electron chi connectivity index (χ0n) is 24.8. The van der Waals surface area contributed by atoms with Crippen molar-refractivity contribution >= 4 is 12.0 Å². The van der Waals surface area contributed by atoms with Crippen molar-refractivity contribution in [3.63, 3.8) is 0 Å². The molecule has 2 amide bonds. The number of rotatable bonds is 9. The number of hydrogen-bond acceptors (Lipinski definition) is 7. The number of amides is 2. The standard InChI is InChI=1S/C31H36F3N5O6/c1-44-19-30(43)14-6-5-11-24(30)39-20-35-26(27(39)21-8-3-2-4-9-21)28(40)38-16-15-37(29(41)42)18-22(38)13-17-45-25-12-7-10-23(36-25)31(32,33)34/h2-4,7-10,12,20,22,24,43H,5-6,11,13-19H2,1H3,(H,41,42)/t22-,24-,30-/m1/s1. The Morgan fingerprint density at radius 1 is 1.09 bits per heavy atom. The van der Waals surface area contributed by atoms with Crippen LogP contribution in [0.2, 0.25) is 0 Å². The quantitative estimate of drug-likeness (QED) is 0.347. The fraction of sp³-hybridized carbons (Fsp3) is 0.484. The third-order valence-electron chi connectivity index (χ3n) is 8.46. The lowest BCUT2D eigenvalue weighted by Crippen LogP contribution is -2.56. The smallest absolute Gasteiger partial charge is 0.433 e. The second-order valence-electron chi connectivity index (χ2n) is 11.4. The van der Waals surface area contributed by atoms with Gasteiger partial charge in [0.2, 0.25) is 5.88 Å². The molecule has 2 aliphatic rings. The molecule has 45 heavy (non-hydrogen) atoms. The van der Waals surface area contributed by atoms with Crippen LogP contribution in [-0.4, -0.2) is 98.1 Å². The molecule has 1 saturated carbocycles. The van der Waals surface area contributed by atoms with Crippen LogP contribution >= 0.6 is 0 Å². The molecule has 3 atom stereocenters. The molecule has 1 saturated heterocycles. The van der Waals surface area contributed by atoms with Gasteiger partial charge in [0, 0.05) is 44.8 Å². The summed E-state index contributed by atoms with van der Waals surface area (Å²) in [4.78, 5) is 36.9. The molecule has 0 bridgehead atoms. The van der Waals surface area contributed by atoms with Crippen molar-refractivity contribution in [2.45, 2.75) is 56.0 Å². The Bertz CT molecular complexity index is 1480. The van der Waals surface area contributed by atoms with E-state index in [4.69, 9.17) is 9.47 Å². The van der Waals surface area contributed by atoms with Crippen LogP contribution in [0.1, 0.15) is 54.3 Å². The molecule has 3 heterocycles. The zero-order valence-corrected chi connectivity index (χ0v) is 24.8. The first-order valence-corrected chi connectivity index (χ1v) is 14.8. The van der Waals surface area contributed by atoms with Crippen LogP contribution in [0, 0.1) is 0 Å². The summed E-state index contributed by atoms with van der Waals surface area (Å²) < 4.78 is 52.1. The lowest BCUT2D eigenvalue weighted by atomic mass is 9.80. The topological polar surface area (TPSA) is 130 Å². The zero-order chi connectivity index (χ0) is 32.2. The van der Waals surface area contributed by atoms with E-state index < -0.39 is 41.6 Å². The minimum atomic E-state index is -4.63. The van der Waals surface area contributed by atoms with E-state index in [1.54, 1.807) is 11.2 Å². The number of imidazole rings is 1. The van der Waals surface area contributed by atoms with Crippen LogP contribution in [0.15, 0.2) is 54.9 Å². The molecule has 2 N–H and O–H groups in total. The summed E-state index contributed by atoms with van der Waals surface area (Å²) in [5, 5.41) is 21.3. The molecule has 0 unspecified atom stereocenters. The number of carbonyl (C=O) groups is 2. The molecule has 11 nitrogen and oxygen atoms in total. The highest BCUT2D eigenvalue weighted by atomic mass is 19.4. The molecule has 1 aliphatic heterocycles. The van der Waals surface area contributed by atoms with Crippen LogP contribution in [0.4, 0.5) is 18.0 Å². The van der Waals surface area contributed by atoms with E-state index in [1.807, 2.05) is 34.9 Å². The Labute approximate surface area is 258 Å². The van der Waals surface area contributed by atoms with E-state index in [2.05, 4.69) is 9.97 Å². The first kappa shape index (κ1) is 32.2. The normalized spacial score (nSPS) is 22.3. The number of aromatic nitrogens is 3. The number of piperazine rings is 1. The summed E-state index contributed by atoms with van der Waals surface area (Å²) in [5.41, 5.74) is -0.844. The number of halogens is 3. The highest BCUT2D eigenvalue weighted by molar-refractivity contribution is 5.98. The van der Waals surface area contributed by atoms with E-state index in [0.29, 0.717) is 18.5 Å². The predicted octanol–water partition coefficient (Wildman–Crippen LogP) is 4.73. The second kappa shape index (κ2) is 13.4. The molecule has 14 heteroatoms. The van der Waals surface area contributed by atoms with Crippen molar-refractivity contribution in [2.24, 2.45) is 0 Å². The SMILES string of the molecule is COC[C@]1(O)CCCC[C@H]1n1cnc(C(=O)N2CCN(C(=O)O)C[C@H]2CCOc2cccc(C(F)(F)F)n2)c1-c1ccccc1. The number of benzene rings is 1. The molecule has 0 radical (unpaired) electrons. The molecular weight excluding hydrogens is 595 g/mol. The largest absolute Gasteiger partial charge is 0.478 e. The van der Waals surface area contributed by atoms with Gasteiger partial charge in [-0.05, 0) is 18.9 Å². The van der Waals surface area contributed by atoms with Crippen molar-refractivity contribution < 1.29 is 42.4 Å². The molecule has 1 aliphatic carbocycles. The third kappa shape index (κ3) is 7.06. The van der Waals surface area contributed by atoms with E-state index in [1.165, 1.54) is 24.1 Å². The Kier molecular flexibility index (Phi) is 9.63. The van der Waals surface area contributed by atoms with Crippen LogP contribution < -0.4 is 4.74 Å². The van der Waals surface area contributed by atoms with Gasteiger partial charge in [0.05, 0.1) is 37.3 Å².